The van der Waals surface area contributed by atoms with E-state index in [4.69, 9.17) is 5.73 Å². The lowest BCUT2D eigenvalue weighted by atomic mass is 10.2. The van der Waals surface area contributed by atoms with E-state index in [2.05, 4.69) is 15.9 Å². The van der Waals surface area contributed by atoms with Gasteiger partial charge in [-0.3, -0.25) is 4.79 Å². The van der Waals surface area contributed by atoms with Crippen LogP contribution >= 0.6 is 15.9 Å². The number of nitrogens with two attached hydrogens (primary N) is 1. The summed E-state index contributed by atoms with van der Waals surface area (Å²) in [7, 11) is 1.78. The van der Waals surface area contributed by atoms with Crippen molar-refractivity contribution in [2.45, 2.75) is 12.8 Å². The van der Waals surface area contributed by atoms with Gasteiger partial charge in [-0.1, -0.05) is 0 Å². The van der Waals surface area contributed by atoms with Crippen LogP contribution in [0.5, 0.6) is 0 Å². The minimum atomic E-state index is -0.402. The third-order valence-corrected chi connectivity index (χ3v) is 3.92. The molecule has 0 unspecified atom stereocenters. The Balaban J connectivity index is 2.09. The van der Waals surface area contributed by atoms with Gasteiger partial charge < -0.3 is 15.5 Å². The Labute approximate surface area is 120 Å². The van der Waals surface area contributed by atoms with Gasteiger partial charge in [-0.15, -0.1) is 0 Å². The molecule has 2 N–H and O–H groups in total. The molecule has 1 amide bonds. The van der Waals surface area contributed by atoms with Gasteiger partial charge in [0.1, 0.15) is 5.82 Å². The molecule has 1 aromatic rings. The highest BCUT2D eigenvalue weighted by Gasteiger charge is 2.20. The summed E-state index contributed by atoms with van der Waals surface area (Å²) in [6.07, 6.45) is 2.14. The molecule has 1 fully saturated rings. The largest absolute Gasteiger partial charge is 0.397 e. The Bertz CT molecular complexity index is 489. The maximum atomic E-state index is 13.3. The van der Waals surface area contributed by atoms with Crippen molar-refractivity contribution in [1.82, 2.24) is 4.90 Å². The van der Waals surface area contributed by atoms with Crippen molar-refractivity contribution in [1.29, 1.82) is 0 Å². The van der Waals surface area contributed by atoms with Gasteiger partial charge in [-0.2, -0.15) is 0 Å². The summed E-state index contributed by atoms with van der Waals surface area (Å²) in [6, 6.07) is 2.86. The summed E-state index contributed by atoms with van der Waals surface area (Å²) in [5, 5.41) is 0. The van der Waals surface area contributed by atoms with E-state index in [1.807, 2.05) is 4.90 Å². The molecule has 0 aliphatic carbocycles. The predicted octanol–water partition coefficient (Wildman–Crippen LogP) is 2.23. The molecule has 0 atom stereocenters. The number of carbonyl (C=O) groups is 1. The van der Waals surface area contributed by atoms with Crippen molar-refractivity contribution in [3.63, 3.8) is 0 Å². The van der Waals surface area contributed by atoms with Crippen LogP contribution in [0.15, 0.2) is 16.6 Å². The second-order valence-corrected chi connectivity index (χ2v) is 5.62. The summed E-state index contributed by atoms with van der Waals surface area (Å²) in [6.45, 7) is 1.91. The van der Waals surface area contributed by atoms with Crippen molar-refractivity contribution in [3.8, 4) is 0 Å². The zero-order chi connectivity index (χ0) is 14.0. The van der Waals surface area contributed by atoms with Crippen LogP contribution in [0.1, 0.15) is 12.8 Å². The van der Waals surface area contributed by atoms with Crippen LogP contribution in [0.25, 0.3) is 0 Å². The second kappa shape index (κ2) is 5.77. The first-order valence-electron chi connectivity index (χ1n) is 6.22. The number of halogens is 2. The summed E-state index contributed by atoms with van der Waals surface area (Å²) < 4.78 is 13.7. The van der Waals surface area contributed by atoms with Gasteiger partial charge in [0, 0.05) is 26.2 Å². The van der Waals surface area contributed by atoms with Crippen molar-refractivity contribution in [2.24, 2.45) is 0 Å². The molecule has 1 heterocycles. The van der Waals surface area contributed by atoms with Crippen LogP contribution in [0.3, 0.4) is 0 Å². The first-order valence-corrected chi connectivity index (χ1v) is 7.02. The standard InChI is InChI=1S/C13H17BrFN3O/c1-17(8-13(19)18-4-2-3-5-18)12-6-9(14)10(15)7-11(12)16/h6-7H,2-5,8,16H2,1H3. The number of rotatable bonds is 3. The Kier molecular flexibility index (Phi) is 4.29. The highest BCUT2D eigenvalue weighted by Crippen LogP contribution is 2.29. The Morgan fingerprint density at radius 2 is 2.11 bits per heavy atom. The fraction of sp³-hybridized carbons (Fsp3) is 0.462. The van der Waals surface area contributed by atoms with E-state index in [0.29, 0.717) is 15.8 Å². The fourth-order valence-corrected chi connectivity index (χ4v) is 2.57. The molecule has 2 rings (SSSR count). The SMILES string of the molecule is CN(CC(=O)N1CCCC1)c1cc(Br)c(F)cc1N. The zero-order valence-electron chi connectivity index (χ0n) is 10.8. The second-order valence-electron chi connectivity index (χ2n) is 4.77. The molecule has 0 aromatic heterocycles. The van der Waals surface area contributed by atoms with E-state index in [1.165, 1.54) is 6.07 Å². The van der Waals surface area contributed by atoms with Gasteiger partial charge in [0.15, 0.2) is 0 Å². The maximum absolute atomic E-state index is 13.3. The summed E-state index contributed by atoms with van der Waals surface area (Å²) in [5.41, 5.74) is 6.78. The van der Waals surface area contributed by atoms with Crippen LogP contribution < -0.4 is 10.6 Å². The molecule has 6 heteroatoms. The molecule has 0 saturated carbocycles. The van der Waals surface area contributed by atoms with Gasteiger partial charge in [0.2, 0.25) is 5.91 Å². The number of amides is 1. The minimum absolute atomic E-state index is 0.0832. The van der Waals surface area contributed by atoms with Crippen LogP contribution in [0.2, 0.25) is 0 Å². The molecule has 1 aliphatic rings. The Morgan fingerprint density at radius 1 is 1.47 bits per heavy atom. The van der Waals surface area contributed by atoms with E-state index < -0.39 is 5.82 Å². The Hall–Kier alpha value is -1.30. The van der Waals surface area contributed by atoms with Crippen molar-refractivity contribution < 1.29 is 9.18 Å². The van der Waals surface area contributed by atoms with Gasteiger partial charge in [-0.25, -0.2) is 4.39 Å². The molecular weight excluding hydrogens is 313 g/mol. The molecular formula is C13H17BrFN3O. The molecule has 4 nitrogen and oxygen atoms in total. The molecule has 1 aliphatic heterocycles. The summed E-state index contributed by atoms with van der Waals surface area (Å²) in [4.78, 5) is 15.7. The van der Waals surface area contributed by atoms with Gasteiger partial charge in [-0.05, 0) is 34.8 Å². The van der Waals surface area contributed by atoms with E-state index in [0.717, 1.165) is 25.9 Å². The van der Waals surface area contributed by atoms with E-state index in [1.54, 1.807) is 18.0 Å². The van der Waals surface area contributed by atoms with Crippen LogP contribution in [-0.2, 0) is 4.79 Å². The monoisotopic (exact) mass is 329 g/mol. The van der Waals surface area contributed by atoms with Crippen molar-refractivity contribution in [2.75, 3.05) is 37.3 Å². The van der Waals surface area contributed by atoms with Crippen LogP contribution in [0, 0.1) is 5.82 Å². The van der Waals surface area contributed by atoms with Gasteiger partial charge in [0.25, 0.3) is 0 Å². The van der Waals surface area contributed by atoms with E-state index >= 15 is 0 Å². The fourth-order valence-electron chi connectivity index (χ4n) is 2.24. The van der Waals surface area contributed by atoms with E-state index in [-0.39, 0.29) is 12.5 Å². The van der Waals surface area contributed by atoms with Crippen molar-refractivity contribution in [3.05, 3.63) is 22.4 Å². The normalized spacial score (nSPS) is 14.8. The number of nitrogens with zero attached hydrogens (tertiary/aromatic N) is 2. The van der Waals surface area contributed by atoms with Crippen molar-refractivity contribution >= 4 is 33.2 Å². The third-order valence-electron chi connectivity index (χ3n) is 3.31. The third kappa shape index (κ3) is 3.18. The number of likely N-dealkylation sites (N-methyl/N-ethyl adjacent to an activating group) is 1. The average Bonchev–Trinajstić information content (AvgIpc) is 2.87. The highest BCUT2D eigenvalue weighted by molar-refractivity contribution is 9.10. The first-order chi connectivity index (χ1) is 8.99. The van der Waals surface area contributed by atoms with Crippen LogP contribution in [0.4, 0.5) is 15.8 Å². The number of benzene rings is 1. The lowest BCUT2D eigenvalue weighted by Gasteiger charge is -2.24. The minimum Gasteiger partial charge on any atom is -0.397 e. The highest BCUT2D eigenvalue weighted by atomic mass is 79.9. The number of carbonyl (C=O) groups excluding carboxylic acids is 1. The molecule has 1 aromatic carbocycles. The maximum Gasteiger partial charge on any atom is 0.242 e. The van der Waals surface area contributed by atoms with E-state index in [9.17, 15) is 9.18 Å². The lowest BCUT2D eigenvalue weighted by Crippen LogP contribution is -2.37. The number of hydrogen-bond donors (Lipinski definition) is 1. The number of nitrogen functional groups attached to an aromatic ring is 1. The Morgan fingerprint density at radius 3 is 2.74 bits per heavy atom. The first kappa shape index (κ1) is 14.1. The topological polar surface area (TPSA) is 49.6 Å². The molecule has 0 radical (unpaired) electrons. The molecule has 0 spiro atoms. The smallest absolute Gasteiger partial charge is 0.242 e. The number of hydrogen-bond acceptors (Lipinski definition) is 3. The zero-order valence-corrected chi connectivity index (χ0v) is 12.4. The predicted molar refractivity (Wildman–Crippen MR) is 77.6 cm³/mol. The van der Waals surface area contributed by atoms with Gasteiger partial charge in [0.05, 0.1) is 22.4 Å². The van der Waals surface area contributed by atoms with Crippen LogP contribution in [-0.4, -0.2) is 37.5 Å². The molecule has 1 saturated heterocycles. The molecule has 104 valence electrons. The molecule has 19 heavy (non-hydrogen) atoms. The average molecular weight is 330 g/mol. The lowest BCUT2D eigenvalue weighted by molar-refractivity contribution is -0.128. The quantitative estimate of drug-likeness (QED) is 0.865. The number of anilines is 2. The molecule has 0 bridgehead atoms. The number of likely N-dealkylation sites (tertiary alicyclic amines) is 1. The summed E-state index contributed by atoms with van der Waals surface area (Å²) in [5.74, 6) is -0.319. The summed E-state index contributed by atoms with van der Waals surface area (Å²) >= 11 is 3.13. The van der Waals surface area contributed by atoms with Gasteiger partial charge >= 0.3 is 0 Å².